The van der Waals surface area contributed by atoms with E-state index in [2.05, 4.69) is 4.98 Å². The van der Waals surface area contributed by atoms with Gasteiger partial charge in [-0.2, -0.15) is 4.39 Å². The van der Waals surface area contributed by atoms with Crippen LogP contribution in [0.2, 0.25) is 0 Å². The summed E-state index contributed by atoms with van der Waals surface area (Å²) in [6.07, 6.45) is 6.37. The molecular formula is C12H14FNO2. The number of nitrogens with zero attached hydrogens (tertiary/aromatic N) is 1. The molecule has 1 aromatic heterocycles. The van der Waals surface area contributed by atoms with Gasteiger partial charge in [-0.25, -0.2) is 9.78 Å². The van der Waals surface area contributed by atoms with Gasteiger partial charge in [-0.1, -0.05) is 6.42 Å². The van der Waals surface area contributed by atoms with Crippen molar-refractivity contribution in [3.63, 3.8) is 0 Å². The highest BCUT2D eigenvalue weighted by molar-refractivity contribution is 5.89. The van der Waals surface area contributed by atoms with E-state index < -0.39 is 11.9 Å². The van der Waals surface area contributed by atoms with Crippen molar-refractivity contribution in [2.75, 3.05) is 0 Å². The first-order valence-electron chi connectivity index (χ1n) is 5.59. The van der Waals surface area contributed by atoms with Crippen LogP contribution in [0.25, 0.3) is 0 Å². The topological polar surface area (TPSA) is 39.2 Å². The summed E-state index contributed by atoms with van der Waals surface area (Å²) in [5.74, 6) is -1.36. The van der Waals surface area contributed by atoms with Crippen LogP contribution in [0.15, 0.2) is 18.3 Å². The second-order valence-corrected chi connectivity index (χ2v) is 4.01. The first kappa shape index (κ1) is 11.0. The molecule has 0 bridgehead atoms. The molecule has 1 fully saturated rings. The number of rotatable bonds is 2. The fraction of sp³-hybridized carbons (Fsp3) is 0.500. The highest BCUT2D eigenvalue weighted by Gasteiger charge is 2.20. The molecule has 0 aliphatic heterocycles. The molecule has 3 nitrogen and oxygen atoms in total. The third-order valence-corrected chi connectivity index (χ3v) is 2.80. The van der Waals surface area contributed by atoms with Crippen LogP contribution >= 0.6 is 0 Å². The number of ether oxygens (including phenoxy) is 1. The van der Waals surface area contributed by atoms with Crippen LogP contribution in [0, 0.1) is 5.95 Å². The van der Waals surface area contributed by atoms with Crippen molar-refractivity contribution >= 4 is 5.97 Å². The Morgan fingerprint density at radius 3 is 2.81 bits per heavy atom. The predicted octanol–water partition coefficient (Wildman–Crippen LogP) is 2.71. The predicted molar refractivity (Wildman–Crippen MR) is 56.5 cm³/mol. The van der Waals surface area contributed by atoms with Gasteiger partial charge >= 0.3 is 5.97 Å². The van der Waals surface area contributed by atoms with E-state index in [1.807, 2.05) is 0 Å². The lowest BCUT2D eigenvalue weighted by Crippen LogP contribution is -2.21. The maximum Gasteiger partial charge on any atom is 0.343 e. The van der Waals surface area contributed by atoms with Gasteiger partial charge in [0.15, 0.2) is 0 Å². The van der Waals surface area contributed by atoms with Gasteiger partial charge in [-0.3, -0.25) is 0 Å². The summed E-state index contributed by atoms with van der Waals surface area (Å²) >= 11 is 0. The van der Waals surface area contributed by atoms with Crippen LogP contribution in [0.5, 0.6) is 0 Å². The van der Waals surface area contributed by atoms with E-state index in [9.17, 15) is 9.18 Å². The Morgan fingerprint density at radius 2 is 2.12 bits per heavy atom. The first-order valence-corrected chi connectivity index (χ1v) is 5.59. The Morgan fingerprint density at radius 1 is 1.38 bits per heavy atom. The Hall–Kier alpha value is -1.45. The Balaban J connectivity index is 2.00. The molecule has 0 radical (unpaired) electrons. The molecule has 0 saturated heterocycles. The summed E-state index contributed by atoms with van der Waals surface area (Å²) in [6, 6.07) is 2.92. The molecule has 86 valence electrons. The van der Waals surface area contributed by atoms with Gasteiger partial charge < -0.3 is 4.74 Å². The molecule has 1 aliphatic rings. The summed E-state index contributed by atoms with van der Waals surface area (Å²) < 4.78 is 18.4. The largest absolute Gasteiger partial charge is 0.459 e. The van der Waals surface area contributed by atoms with Gasteiger partial charge in [-0.05, 0) is 37.8 Å². The number of carbonyl (C=O) groups is 1. The molecule has 1 aliphatic carbocycles. The van der Waals surface area contributed by atoms with Crippen LogP contribution in [-0.4, -0.2) is 17.1 Å². The van der Waals surface area contributed by atoms with Gasteiger partial charge in [0.2, 0.25) is 5.95 Å². The molecule has 0 amide bonds. The molecule has 0 N–H and O–H groups in total. The van der Waals surface area contributed by atoms with Crippen LogP contribution in [-0.2, 0) is 4.74 Å². The van der Waals surface area contributed by atoms with Gasteiger partial charge in [0, 0.05) is 6.20 Å². The lowest BCUT2D eigenvalue weighted by molar-refractivity contribution is 0.0205. The average Bonchev–Trinajstić information content (AvgIpc) is 2.31. The van der Waals surface area contributed by atoms with E-state index in [0.29, 0.717) is 0 Å². The standard InChI is InChI=1S/C12H14FNO2/c13-11-10(7-4-8-14-11)12(15)16-9-5-2-1-3-6-9/h4,7-9H,1-3,5-6H2. The molecule has 1 aromatic rings. The molecule has 0 atom stereocenters. The van der Waals surface area contributed by atoms with Crippen LogP contribution in [0.4, 0.5) is 4.39 Å². The summed E-state index contributed by atoms with van der Waals surface area (Å²) in [7, 11) is 0. The highest BCUT2D eigenvalue weighted by atomic mass is 19.1. The highest BCUT2D eigenvalue weighted by Crippen LogP contribution is 2.21. The van der Waals surface area contributed by atoms with Crippen molar-refractivity contribution in [1.29, 1.82) is 0 Å². The third kappa shape index (κ3) is 2.56. The van der Waals surface area contributed by atoms with Gasteiger partial charge in [-0.15, -0.1) is 0 Å². The normalized spacial score (nSPS) is 17.1. The zero-order valence-corrected chi connectivity index (χ0v) is 8.99. The number of pyridine rings is 1. The quantitative estimate of drug-likeness (QED) is 0.571. The minimum Gasteiger partial charge on any atom is -0.459 e. The Labute approximate surface area is 93.6 Å². The lowest BCUT2D eigenvalue weighted by Gasteiger charge is -2.21. The summed E-state index contributed by atoms with van der Waals surface area (Å²) in [4.78, 5) is 15.1. The lowest BCUT2D eigenvalue weighted by atomic mass is 9.98. The van der Waals surface area contributed by atoms with Crippen LogP contribution in [0.1, 0.15) is 42.5 Å². The molecule has 1 saturated carbocycles. The van der Waals surface area contributed by atoms with Gasteiger partial charge in [0.05, 0.1) is 0 Å². The fourth-order valence-electron chi connectivity index (χ4n) is 1.94. The Kier molecular flexibility index (Phi) is 3.49. The van der Waals surface area contributed by atoms with Gasteiger partial charge in [0.1, 0.15) is 11.7 Å². The number of hydrogen-bond acceptors (Lipinski definition) is 3. The molecular weight excluding hydrogens is 209 g/mol. The second kappa shape index (κ2) is 5.05. The molecule has 16 heavy (non-hydrogen) atoms. The minimum atomic E-state index is -0.761. The van der Waals surface area contributed by atoms with Crippen molar-refractivity contribution in [2.24, 2.45) is 0 Å². The Bertz CT molecular complexity index is 375. The van der Waals surface area contributed by atoms with Crippen LogP contribution in [0.3, 0.4) is 0 Å². The van der Waals surface area contributed by atoms with Crippen molar-refractivity contribution in [2.45, 2.75) is 38.2 Å². The molecule has 1 heterocycles. The molecule has 0 unspecified atom stereocenters. The summed E-state index contributed by atoms with van der Waals surface area (Å²) in [5.41, 5.74) is -0.0759. The van der Waals surface area contributed by atoms with Crippen molar-refractivity contribution < 1.29 is 13.9 Å². The molecule has 0 spiro atoms. The number of aromatic nitrogens is 1. The number of carbonyl (C=O) groups excluding carboxylic acids is 1. The first-order chi connectivity index (χ1) is 7.77. The van der Waals surface area contributed by atoms with Crippen molar-refractivity contribution in [3.8, 4) is 0 Å². The summed E-state index contributed by atoms with van der Waals surface area (Å²) in [6.45, 7) is 0. The number of halogens is 1. The second-order valence-electron chi connectivity index (χ2n) is 4.01. The maximum absolute atomic E-state index is 13.2. The van der Waals surface area contributed by atoms with Crippen LogP contribution < -0.4 is 0 Å². The fourth-order valence-corrected chi connectivity index (χ4v) is 1.94. The van der Waals surface area contributed by atoms with E-state index in [4.69, 9.17) is 4.74 Å². The van der Waals surface area contributed by atoms with Crippen molar-refractivity contribution in [1.82, 2.24) is 4.98 Å². The third-order valence-electron chi connectivity index (χ3n) is 2.80. The SMILES string of the molecule is O=C(OC1CCCCC1)c1cccnc1F. The molecule has 2 rings (SSSR count). The monoisotopic (exact) mass is 223 g/mol. The summed E-state index contributed by atoms with van der Waals surface area (Å²) in [5, 5.41) is 0. The van der Waals surface area contributed by atoms with E-state index in [1.165, 1.54) is 24.8 Å². The number of esters is 1. The van der Waals surface area contributed by atoms with E-state index >= 15 is 0 Å². The molecule has 0 aromatic carbocycles. The zero-order valence-electron chi connectivity index (χ0n) is 8.99. The van der Waals surface area contributed by atoms with E-state index in [0.717, 1.165) is 25.7 Å². The smallest absolute Gasteiger partial charge is 0.343 e. The minimum absolute atomic E-state index is 0.0548. The molecule has 4 heteroatoms. The average molecular weight is 223 g/mol. The zero-order chi connectivity index (χ0) is 11.4. The number of hydrogen-bond donors (Lipinski definition) is 0. The maximum atomic E-state index is 13.2. The van der Waals surface area contributed by atoms with Gasteiger partial charge in [0.25, 0.3) is 0 Å². The van der Waals surface area contributed by atoms with Crippen molar-refractivity contribution in [3.05, 3.63) is 29.8 Å². The van der Waals surface area contributed by atoms with E-state index in [1.54, 1.807) is 0 Å². The van der Waals surface area contributed by atoms with E-state index in [-0.39, 0.29) is 11.7 Å².